The molecule has 1 aliphatic heterocycles. The molecule has 1 heterocycles. The number of hydrogen-bond donors (Lipinski definition) is 2. The summed E-state index contributed by atoms with van der Waals surface area (Å²) in [5.74, 6) is 0.0165. The van der Waals surface area contributed by atoms with Crippen LogP contribution in [0, 0.1) is 0 Å². The van der Waals surface area contributed by atoms with Gasteiger partial charge in [0.15, 0.2) is 0 Å². The Morgan fingerprint density at radius 3 is 2.73 bits per heavy atom. The van der Waals surface area contributed by atoms with Crippen LogP contribution in [0.15, 0.2) is 0 Å². The van der Waals surface area contributed by atoms with Crippen molar-refractivity contribution in [3.05, 3.63) is 0 Å². The van der Waals surface area contributed by atoms with Gasteiger partial charge in [-0.15, -0.1) is 11.6 Å². The molecule has 64 valence electrons. The van der Waals surface area contributed by atoms with E-state index in [4.69, 9.17) is 11.6 Å². The molecule has 0 aliphatic carbocycles. The Morgan fingerprint density at radius 1 is 1.55 bits per heavy atom. The average Bonchev–Trinajstić information content (AvgIpc) is 2.06. The number of rotatable bonds is 2. The molecule has 0 atom stereocenters. The molecule has 1 amide bonds. The van der Waals surface area contributed by atoms with Gasteiger partial charge in [-0.2, -0.15) is 0 Å². The highest BCUT2D eigenvalue weighted by atomic mass is 35.5. The molecule has 0 aromatic heterocycles. The van der Waals surface area contributed by atoms with E-state index in [0.29, 0.717) is 6.04 Å². The molecule has 4 heteroatoms. The Kier molecular flexibility index (Phi) is 3.66. The summed E-state index contributed by atoms with van der Waals surface area (Å²) in [4.78, 5) is 10.8. The van der Waals surface area contributed by atoms with Crippen LogP contribution in [-0.4, -0.2) is 30.9 Å². The van der Waals surface area contributed by atoms with Crippen molar-refractivity contribution in [2.24, 2.45) is 0 Å². The molecule has 0 bridgehead atoms. The molecule has 0 spiro atoms. The predicted octanol–water partition coefficient (Wildman–Crippen LogP) is 0.0934. The number of alkyl halides is 1. The van der Waals surface area contributed by atoms with E-state index >= 15 is 0 Å². The summed E-state index contributed by atoms with van der Waals surface area (Å²) in [6.07, 6.45) is 2.03. The van der Waals surface area contributed by atoms with Crippen molar-refractivity contribution in [3.8, 4) is 0 Å². The molecule has 11 heavy (non-hydrogen) atoms. The minimum Gasteiger partial charge on any atom is -0.352 e. The third-order valence-corrected chi connectivity index (χ3v) is 2.07. The molecule has 0 aromatic carbocycles. The Hall–Kier alpha value is -0.280. The van der Waals surface area contributed by atoms with Gasteiger partial charge in [-0.25, -0.2) is 0 Å². The SMILES string of the molecule is O=C(CCl)NC1CCNCC1. The van der Waals surface area contributed by atoms with Gasteiger partial charge in [0.1, 0.15) is 5.88 Å². The minimum atomic E-state index is -0.0569. The van der Waals surface area contributed by atoms with E-state index in [1.165, 1.54) is 0 Å². The lowest BCUT2D eigenvalue weighted by Crippen LogP contribution is -2.43. The number of nitrogens with one attached hydrogen (secondary N) is 2. The van der Waals surface area contributed by atoms with Crippen LogP contribution in [0.1, 0.15) is 12.8 Å². The van der Waals surface area contributed by atoms with Gasteiger partial charge >= 0.3 is 0 Å². The second-order valence-electron chi connectivity index (χ2n) is 2.73. The maximum absolute atomic E-state index is 10.8. The molecular weight excluding hydrogens is 164 g/mol. The molecule has 1 rings (SSSR count). The lowest BCUT2D eigenvalue weighted by Gasteiger charge is -2.23. The van der Waals surface area contributed by atoms with E-state index in [1.54, 1.807) is 0 Å². The maximum atomic E-state index is 10.8. The van der Waals surface area contributed by atoms with Gasteiger partial charge in [0, 0.05) is 6.04 Å². The lowest BCUT2D eigenvalue weighted by atomic mass is 10.1. The number of piperidine rings is 1. The van der Waals surface area contributed by atoms with Crippen molar-refractivity contribution < 1.29 is 4.79 Å². The van der Waals surface area contributed by atoms with Gasteiger partial charge < -0.3 is 10.6 Å². The van der Waals surface area contributed by atoms with E-state index in [1.807, 2.05) is 0 Å². The molecule has 1 saturated heterocycles. The predicted molar refractivity (Wildman–Crippen MR) is 44.8 cm³/mol. The first-order valence-electron chi connectivity index (χ1n) is 3.89. The highest BCUT2D eigenvalue weighted by Gasteiger charge is 2.13. The Morgan fingerprint density at radius 2 is 2.18 bits per heavy atom. The third-order valence-electron chi connectivity index (χ3n) is 1.83. The third kappa shape index (κ3) is 3.08. The maximum Gasteiger partial charge on any atom is 0.235 e. The fourth-order valence-corrected chi connectivity index (χ4v) is 1.31. The van der Waals surface area contributed by atoms with Crippen molar-refractivity contribution in [1.82, 2.24) is 10.6 Å². The summed E-state index contributed by atoms with van der Waals surface area (Å²) in [5.41, 5.74) is 0. The van der Waals surface area contributed by atoms with Gasteiger partial charge in [0.2, 0.25) is 5.91 Å². The molecule has 1 fully saturated rings. The number of hydrogen-bond acceptors (Lipinski definition) is 2. The quantitative estimate of drug-likeness (QED) is 0.586. The van der Waals surface area contributed by atoms with Crippen molar-refractivity contribution >= 4 is 17.5 Å². The Labute approximate surface area is 71.5 Å². The Balaban J connectivity index is 2.19. The average molecular weight is 177 g/mol. The zero-order valence-corrected chi connectivity index (χ0v) is 7.16. The minimum absolute atomic E-state index is 0.0569. The van der Waals surface area contributed by atoms with Crippen molar-refractivity contribution in [2.75, 3.05) is 19.0 Å². The lowest BCUT2D eigenvalue weighted by molar-refractivity contribution is -0.119. The van der Waals surface area contributed by atoms with E-state index in [0.717, 1.165) is 25.9 Å². The molecule has 0 aromatic rings. The first-order valence-corrected chi connectivity index (χ1v) is 4.42. The second-order valence-corrected chi connectivity index (χ2v) is 2.99. The fraction of sp³-hybridized carbons (Fsp3) is 0.857. The van der Waals surface area contributed by atoms with Crippen molar-refractivity contribution in [2.45, 2.75) is 18.9 Å². The largest absolute Gasteiger partial charge is 0.352 e. The standard InChI is InChI=1S/C7H13ClN2O/c8-5-7(11)10-6-1-3-9-4-2-6/h6,9H,1-5H2,(H,10,11). The van der Waals surface area contributed by atoms with Crippen LogP contribution in [0.4, 0.5) is 0 Å². The van der Waals surface area contributed by atoms with Gasteiger partial charge in [0.05, 0.1) is 0 Å². The van der Waals surface area contributed by atoms with Crippen molar-refractivity contribution in [1.29, 1.82) is 0 Å². The zero-order chi connectivity index (χ0) is 8.10. The highest BCUT2D eigenvalue weighted by Crippen LogP contribution is 2.01. The first-order chi connectivity index (χ1) is 5.33. The monoisotopic (exact) mass is 176 g/mol. The van der Waals surface area contributed by atoms with Crippen LogP contribution < -0.4 is 10.6 Å². The van der Waals surface area contributed by atoms with Crippen molar-refractivity contribution in [3.63, 3.8) is 0 Å². The van der Waals surface area contributed by atoms with Gasteiger partial charge in [0.25, 0.3) is 0 Å². The molecule has 0 radical (unpaired) electrons. The summed E-state index contributed by atoms with van der Waals surface area (Å²) in [6, 6.07) is 0.336. The van der Waals surface area contributed by atoms with Crippen LogP contribution in [0.5, 0.6) is 0 Å². The summed E-state index contributed by atoms with van der Waals surface area (Å²) in [5, 5.41) is 6.08. The van der Waals surface area contributed by atoms with Crippen LogP contribution in [0.3, 0.4) is 0 Å². The van der Waals surface area contributed by atoms with Crippen LogP contribution in [0.25, 0.3) is 0 Å². The Bertz CT molecular complexity index is 134. The fourth-order valence-electron chi connectivity index (χ4n) is 1.23. The van der Waals surface area contributed by atoms with E-state index in [-0.39, 0.29) is 11.8 Å². The molecular formula is C7H13ClN2O. The number of carbonyl (C=O) groups is 1. The summed E-state index contributed by atoms with van der Waals surface area (Å²) in [7, 11) is 0. The molecule has 2 N–H and O–H groups in total. The number of carbonyl (C=O) groups excluding carboxylic acids is 1. The van der Waals surface area contributed by atoms with E-state index in [9.17, 15) is 4.79 Å². The molecule has 0 unspecified atom stereocenters. The highest BCUT2D eigenvalue weighted by molar-refractivity contribution is 6.27. The van der Waals surface area contributed by atoms with Crippen LogP contribution in [-0.2, 0) is 4.79 Å². The smallest absolute Gasteiger partial charge is 0.235 e. The number of amides is 1. The summed E-state index contributed by atoms with van der Waals surface area (Å²) < 4.78 is 0. The van der Waals surface area contributed by atoms with Crippen LogP contribution >= 0.6 is 11.6 Å². The molecule has 0 saturated carbocycles. The number of halogens is 1. The normalized spacial score (nSPS) is 19.7. The van der Waals surface area contributed by atoms with Crippen LogP contribution in [0.2, 0.25) is 0 Å². The molecule has 1 aliphatic rings. The molecule has 3 nitrogen and oxygen atoms in total. The second kappa shape index (κ2) is 4.57. The van der Waals surface area contributed by atoms with Gasteiger partial charge in [-0.05, 0) is 25.9 Å². The first kappa shape index (κ1) is 8.81. The van der Waals surface area contributed by atoms with E-state index < -0.39 is 0 Å². The van der Waals surface area contributed by atoms with Gasteiger partial charge in [-0.3, -0.25) is 4.79 Å². The summed E-state index contributed by atoms with van der Waals surface area (Å²) >= 11 is 5.34. The topological polar surface area (TPSA) is 41.1 Å². The zero-order valence-electron chi connectivity index (χ0n) is 6.40. The summed E-state index contributed by atoms with van der Waals surface area (Å²) in [6.45, 7) is 1.99. The van der Waals surface area contributed by atoms with Gasteiger partial charge in [-0.1, -0.05) is 0 Å². The van der Waals surface area contributed by atoms with E-state index in [2.05, 4.69) is 10.6 Å².